The van der Waals surface area contributed by atoms with E-state index in [1.807, 2.05) is 0 Å². The smallest absolute Gasteiger partial charge is 0.304 e. The molecule has 14 heavy (non-hydrogen) atoms. The van der Waals surface area contributed by atoms with Gasteiger partial charge < -0.3 is 5.32 Å². The molecule has 0 atom stereocenters. The van der Waals surface area contributed by atoms with E-state index in [4.69, 9.17) is 0 Å². The minimum Gasteiger partial charge on any atom is -0.312 e. The molecule has 0 aliphatic rings. The predicted octanol–water partition coefficient (Wildman–Crippen LogP) is 1.43. The average molecular weight is 214 g/mol. The Morgan fingerprint density at radius 3 is 2.79 bits per heavy atom. The van der Waals surface area contributed by atoms with Gasteiger partial charge in [-0.1, -0.05) is 0 Å². The van der Waals surface area contributed by atoms with E-state index >= 15 is 0 Å². The van der Waals surface area contributed by atoms with Crippen LogP contribution in [0.3, 0.4) is 0 Å². The number of carbonyl (C=O) groups excluding carboxylic acids is 2. The van der Waals surface area contributed by atoms with Crippen molar-refractivity contribution in [1.82, 2.24) is 0 Å². The van der Waals surface area contributed by atoms with E-state index in [-0.39, 0.29) is 15.6 Å². The maximum Gasteiger partial charge on any atom is 0.304 e. The number of carbonyl (C=O) groups is 2. The third-order valence-electron chi connectivity index (χ3n) is 1.33. The maximum atomic E-state index is 10.7. The van der Waals surface area contributed by atoms with Crippen LogP contribution < -0.4 is 5.32 Å². The lowest BCUT2D eigenvalue weighted by atomic mass is 10.4. The van der Waals surface area contributed by atoms with Crippen LogP contribution in [0.5, 0.6) is 0 Å². The molecule has 1 rings (SSSR count). The molecule has 7 heteroatoms. The van der Waals surface area contributed by atoms with Crippen LogP contribution in [0.4, 0.5) is 10.7 Å². The van der Waals surface area contributed by atoms with Crippen LogP contribution in [-0.2, 0) is 4.79 Å². The second-order valence-electron chi connectivity index (χ2n) is 2.42. The Labute approximate surface area is 82.7 Å². The highest BCUT2D eigenvalue weighted by Gasteiger charge is 2.19. The van der Waals surface area contributed by atoms with Crippen molar-refractivity contribution in [3.8, 4) is 0 Å². The van der Waals surface area contributed by atoms with Gasteiger partial charge in [-0.15, -0.1) is 11.3 Å². The lowest BCUT2D eigenvalue weighted by Gasteiger charge is -1.95. The van der Waals surface area contributed by atoms with Gasteiger partial charge in [0.05, 0.1) is 9.80 Å². The van der Waals surface area contributed by atoms with Crippen molar-refractivity contribution < 1.29 is 14.5 Å². The Morgan fingerprint density at radius 1 is 1.71 bits per heavy atom. The lowest BCUT2D eigenvalue weighted by molar-refractivity contribution is -0.383. The summed E-state index contributed by atoms with van der Waals surface area (Å²) in [7, 11) is 0. The SMILES string of the molecule is CC(=O)Nc1sc(C=O)cc1[N+](=O)[O-]. The molecule has 0 aliphatic heterocycles. The summed E-state index contributed by atoms with van der Waals surface area (Å²) in [6, 6.07) is 1.13. The second kappa shape index (κ2) is 3.97. The van der Waals surface area contributed by atoms with Gasteiger partial charge in [-0.05, 0) is 0 Å². The first-order valence-corrected chi connectivity index (χ1v) is 4.37. The summed E-state index contributed by atoms with van der Waals surface area (Å²) in [5, 5.41) is 12.9. The van der Waals surface area contributed by atoms with Crippen LogP contribution in [0.25, 0.3) is 0 Å². The molecule has 74 valence electrons. The number of amides is 1. The highest BCUT2D eigenvalue weighted by Crippen LogP contribution is 2.33. The van der Waals surface area contributed by atoms with Gasteiger partial charge in [0.1, 0.15) is 0 Å². The molecule has 0 fully saturated rings. The number of thiophene rings is 1. The molecule has 1 aromatic rings. The number of aldehydes is 1. The Morgan fingerprint density at radius 2 is 2.36 bits per heavy atom. The van der Waals surface area contributed by atoms with Crippen LogP contribution in [0.2, 0.25) is 0 Å². The van der Waals surface area contributed by atoms with E-state index in [0.29, 0.717) is 6.29 Å². The zero-order valence-electron chi connectivity index (χ0n) is 7.14. The van der Waals surface area contributed by atoms with Crippen molar-refractivity contribution in [3.05, 3.63) is 21.1 Å². The van der Waals surface area contributed by atoms with Gasteiger partial charge in [-0.2, -0.15) is 0 Å². The van der Waals surface area contributed by atoms with Crippen molar-refractivity contribution >= 4 is 34.2 Å². The van der Waals surface area contributed by atoms with Gasteiger partial charge in [0.25, 0.3) is 0 Å². The molecule has 0 radical (unpaired) electrons. The highest BCUT2D eigenvalue weighted by atomic mass is 32.1. The van der Waals surface area contributed by atoms with Gasteiger partial charge in [0, 0.05) is 13.0 Å². The summed E-state index contributed by atoms with van der Waals surface area (Å²) in [5.41, 5.74) is -0.257. The normalized spacial score (nSPS) is 9.50. The molecule has 0 aliphatic carbocycles. The first kappa shape index (κ1) is 10.3. The predicted molar refractivity (Wildman–Crippen MR) is 50.7 cm³/mol. The first-order valence-electron chi connectivity index (χ1n) is 3.55. The Bertz CT molecular complexity index is 398. The van der Waals surface area contributed by atoms with E-state index in [1.165, 1.54) is 6.92 Å². The second-order valence-corrected chi connectivity index (χ2v) is 3.50. The zero-order valence-corrected chi connectivity index (χ0v) is 7.96. The minimum atomic E-state index is -0.644. The monoisotopic (exact) mass is 214 g/mol. The summed E-state index contributed by atoms with van der Waals surface area (Å²) in [6.07, 6.45) is 0.503. The van der Waals surface area contributed by atoms with Gasteiger partial charge in [-0.25, -0.2) is 0 Å². The minimum absolute atomic E-state index is 0.0876. The van der Waals surface area contributed by atoms with Crippen molar-refractivity contribution in [1.29, 1.82) is 0 Å². The molecule has 0 unspecified atom stereocenters. The topological polar surface area (TPSA) is 89.3 Å². The number of nitro groups is 1. The van der Waals surface area contributed by atoms with Gasteiger partial charge in [0.2, 0.25) is 5.91 Å². The number of hydrogen-bond donors (Lipinski definition) is 1. The summed E-state index contributed by atoms with van der Waals surface area (Å²) in [5.74, 6) is -0.410. The standard InChI is InChI=1S/C7H6N2O4S/c1-4(11)8-7-6(9(12)13)2-5(3-10)14-7/h2-3H,1H3,(H,8,11). The molecule has 1 heterocycles. The molecular weight excluding hydrogens is 208 g/mol. The van der Waals surface area contributed by atoms with Gasteiger partial charge in [-0.3, -0.25) is 19.7 Å². The molecule has 0 bridgehead atoms. The first-order chi connectivity index (χ1) is 6.54. The molecule has 1 aromatic heterocycles. The third kappa shape index (κ3) is 2.13. The van der Waals surface area contributed by atoms with Crippen LogP contribution in [0.15, 0.2) is 6.07 Å². The number of rotatable bonds is 3. The third-order valence-corrected chi connectivity index (χ3v) is 2.30. The van der Waals surface area contributed by atoms with Gasteiger partial charge in [0.15, 0.2) is 11.3 Å². The van der Waals surface area contributed by atoms with Crippen LogP contribution in [0.1, 0.15) is 16.6 Å². The molecule has 0 spiro atoms. The molecule has 6 nitrogen and oxygen atoms in total. The van der Waals surface area contributed by atoms with Crippen LogP contribution in [-0.4, -0.2) is 17.1 Å². The summed E-state index contributed by atoms with van der Waals surface area (Å²) in [4.78, 5) is 31.1. The van der Waals surface area contributed by atoms with Crippen molar-refractivity contribution in [2.45, 2.75) is 6.92 Å². The van der Waals surface area contributed by atoms with Gasteiger partial charge >= 0.3 is 5.69 Å². The van der Waals surface area contributed by atoms with E-state index < -0.39 is 10.8 Å². The van der Waals surface area contributed by atoms with Crippen LogP contribution in [0, 0.1) is 10.1 Å². The Hall–Kier alpha value is -1.76. The molecular formula is C7H6N2O4S. The van der Waals surface area contributed by atoms with Crippen molar-refractivity contribution in [2.75, 3.05) is 5.32 Å². The number of nitrogens with one attached hydrogen (secondary N) is 1. The fourth-order valence-electron chi connectivity index (χ4n) is 0.843. The largest absolute Gasteiger partial charge is 0.312 e. The molecule has 0 saturated carbocycles. The average Bonchev–Trinajstić information content (AvgIpc) is 2.46. The maximum absolute atomic E-state index is 10.7. The molecule has 0 saturated heterocycles. The van der Waals surface area contributed by atoms with E-state index in [9.17, 15) is 19.7 Å². The zero-order chi connectivity index (χ0) is 10.7. The molecule has 0 aromatic carbocycles. The number of anilines is 1. The fraction of sp³-hybridized carbons (Fsp3) is 0.143. The number of nitrogens with zero attached hydrogens (tertiary/aromatic N) is 1. The Balaban J connectivity index is 3.11. The van der Waals surface area contributed by atoms with Crippen molar-refractivity contribution in [3.63, 3.8) is 0 Å². The number of hydrogen-bond acceptors (Lipinski definition) is 5. The Kier molecular flexibility index (Phi) is 2.92. The lowest BCUT2D eigenvalue weighted by Crippen LogP contribution is -2.05. The quantitative estimate of drug-likeness (QED) is 0.468. The van der Waals surface area contributed by atoms with E-state index in [2.05, 4.69) is 5.32 Å². The van der Waals surface area contributed by atoms with Crippen LogP contribution >= 0.6 is 11.3 Å². The highest BCUT2D eigenvalue weighted by molar-refractivity contribution is 7.18. The van der Waals surface area contributed by atoms with E-state index in [1.54, 1.807) is 0 Å². The molecule has 1 amide bonds. The summed E-state index contributed by atoms with van der Waals surface area (Å²) < 4.78 is 0. The fourth-order valence-corrected chi connectivity index (χ4v) is 1.73. The van der Waals surface area contributed by atoms with E-state index in [0.717, 1.165) is 17.4 Å². The summed E-state index contributed by atoms with van der Waals surface area (Å²) in [6.45, 7) is 1.24. The van der Waals surface area contributed by atoms with Crippen molar-refractivity contribution in [2.24, 2.45) is 0 Å². The summed E-state index contributed by atoms with van der Waals surface area (Å²) >= 11 is 0.874. The molecule has 1 N–H and O–H groups in total.